The van der Waals surface area contributed by atoms with Crippen molar-refractivity contribution in [2.24, 2.45) is 0 Å². The van der Waals surface area contributed by atoms with Gasteiger partial charge < -0.3 is 16.0 Å². The minimum absolute atomic E-state index is 0.0384. The van der Waals surface area contributed by atoms with Gasteiger partial charge in [-0.2, -0.15) is 0 Å². The number of likely N-dealkylation sites (tertiary alicyclic amines) is 1. The molecule has 3 rings (SSSR count). The fourth-order valence-corrected chi connectivity index (χ4v) is 3.37. The zero-order chi connectivity index (χ0) is 19.8. The molecule has 0 aliphatic carbocycles. The lowest BCUT2D eigenvalue weighted by atomic mass is 10.1. The van der Waals surface area contributed by atoms with Crippen LogP contribution < -0.4 is 16.0 Å². The number of hydrogen-bond acceptors (Lipinski definition) is 3. The smallest absolute Gasteiger partial charge is 0.319 e. The van der Waals surface area contributed by atoms with Crippen LogP contribution in [0.3, 0.4) is 0 Å². The predicted octanol–water partition coefficient (Wildman–Crippen LogP) is 2.90. The van der Waals surface area contributed by atoms with Crippen molar-refractivity contribution < 1.29 is 9.59 Å². The van der Waals surface area contributed by atoms with Crippen molar-refractivity contribution in [1.29, 1.82) is 0 Å². The maximum atomic E-state index is 12.2. The van der Waals surface area contributed by atoms with Gasteiger partial charge in [0, 0.05) is 31.4 Å². The predicted molar refractivity (Wildman–Crippen MR) is 111 cm³/mol. The molecule has 28 heavy (non-hydrogen) atoms. The van der Waals surface area contributed by atoms with E-state index in [0.717, 1.165) is 37.2 Å². The van der Waals surface area contributed by atoms with Crippen molar-refractivity contribution >= 4 is 17.6 Å². The molecule has 3 N–H and O–H groups in total. The number of nitrogens with one attached hydrogen (secondary N) is 3. The zero-order valence-electron chi connectivity index (χ0n) is 16.3. The largest absolute Gasteiger partial charge is 0.351 e. The van der Waals surface area contributed by atoms with Gasteiger partial charge in [0.1, 0.15) is 0 Å². The lowest BCUT2D eigenvalue weighted by Crippen LogP contribution is -2.48. The molecule has 2 aromatic carbocycles. The van der Waals surface area contributed by atoms with Crippen LogP contribution in [0, 0.1) is 6.92 Å². The number of urea groups is 1. The summed E-state index contributed by atoms with van der Waals surface area (Å²) in [6.07, 6.45) is 1.68. The van der Waals surface area contributed by atoms with E-state index in [1.54, 1.807) is 0 Å². The van der Waals surface area contributed by atoms with Crippen LogP contribution in [0.1, 0.15) is 24.0 Å². The van der Waals surface area contributed by atoms with Gasteiger partial charge in [-0.1, -0.05) is 42.5 Å². The number of piperidine rings is 1. The Morgan fingerprint density at radius 1 is 1.00 bits per heavy atom. The maximum absolute atomic E-state index is 12.2. The number of rotatable bonds is 6. The summed E-state index contributed by atoms with van der Waals surface area (Å²) in [6, 6.07) is 17.4. The third-order valence-electron chi connectivity index (χ3n) is 5.06. The van der Waals surface area contributed by atoms with Gasteiger partial charge in [0.2, 0.25) is 5.91 Å². The highest BCUT2D eigenvalue weighted by Gasteiger charge is 2.22. The molecule has 6 nitrogen and oxygen atoms in total. The summed E-state index contributed by atoms with van der Waals surface area (Å²) < 4.78 is 0. The molecule has 0 saturated carbocycles. The molecule has 0 radical (unpaired) electrons. The van der Waals surface area contributed by atoms with Gasteiger partial charge >= 0.3 is 6.03 Å². The van der Waals surface area contributed by atoms with E-state index in [9.17, 15) is 9.59 Å². The summed E-state index contributed by atoms with van der Waals surface area (Å²) in [5.74, 6) is 0.0384. The number of anilines is 1. The first-order chi connectivity index (χ1) is 13.6. The van der Waals surface area contributed by atoms with Crippen molar-refractivity contribution in [2.75, 3.05) is 25.0 Å². The molecule has 0 spiro atoms. The molecule has 1 fully saturated rings. The molecule has 2 aromatic rings. The first-order valence-corrected chi connectivity index (χ1v) is 9.76. The maximum Gasteiger partial charge on any atom is 0.319 e. The summed E-state index contributed by atoms with van der Waals surface area (Å²) >= 11 is 0. The van der Waals surface area contributed by atoms with Gasteiger partial charge in [-0.25, -0.2) is 4.79 Å². The molecule has 0 aromatic heterocycles. The van der Waals surface area contributed by atoms with Crippen molar-refractivity contribution in [2.45, 2.75) is 32.4 Å². The molecule has 0 atom stereocenters. The first kappa shape index (κ1) is 19.9. The summed E-state index contributed by atoms with van der Waals surface area (Å²) in [5.41, 5.74) is 3.11. The topological polar surface area (TPSA) is 73.5 Å². The SMILES string of the molecule is Cc1ccccc1CNC(=O)CN1CCC(NC(=O)Nc2ccccc2)CC1. The Labute approximate surface area is 166 Å². The van der Waals surface area contributed by atoms with E-state index in [-0.39, 0.29) is 18.0 Å². The van der Waals surface area contributed by atoms with Crippen LogP contribution in [-0.4, -0.2) is 42.5 Å². The van der Waals surface area contributed by atoms with Gasteiger partial charge in [-0.05, 0) is 43.0 Å². The number of nitrogens with zero attached hydrogens (tertiary/aromatic N) is 1. The number of hydrogen-bond donors (Lipinski definition) is 3. The summed E-state index contributed by atoms with van der Waals surface area (Å²) in [6.45, 7) is 4.60. The van der Waals surface area contributed by atoms with E-state index in [1.165, 1.54) is 5.56 Å². The highest BCUT2D eigenvalue weighted by Crippen LogP contribution is 2.11. The Morgan fingerprint density at radius 3 is 2.39 bits per heavy atom. The van der Waals surface area contributed by atoms with Gasteiger partial charge in [0.05, 0.1) is 6.54 Å². The third kappa shape index (κ3) is 6.09. The highest BCUT2D eigenvalue weighted by molar-refractivity contribution is 5.89. The van der Waals surface area contributed by atoms with Gasteiger partial charge in [0.15, 0.2) is 0 Å². The Bertz CT molecular complexity index is 786. The number of carbonyl (C=O) groups excluding carboxylic acids is 2. The van der Waals surface area contributed by atoms with E-state index < -0.39 is 0 Å². The third-order valence-corrected chi connectivity index (χ3v) is 5.06. The molecule has 1 aliphatic rings. The number of para-hydroxylation sites is 1. The summed E-state index contributed by atoms with van der Waals surface area (Å²) in [4.78, 5) is 26.5. The zero-order valence-corrected chi connectivity index (χ0v) is 16.3. The lowest BCUT2D eigenvalue weighted by molar-refractivity contribution is -0.122. The number of benzene rings is 2. The Kier molecular flexibility index (Phi) is 7.03. The van der Waals surface area contributed by atoms with Crippen LogP contribution in [-0.2, 0) is 11.3 Å². The lowest BCUT2D eigenvalue weighted by Gasteiger charge is -2.31. The fraction of sp³-hybridized carbons (Fsp3) is 0.364. The Balaban J connectivity index is 1.35. The van der Waals surface area contributed by atoms with Crippen LogP contribution >= 0.6 is 0 Å². The van der Waals surface area contributed by atoms with Crippen molar-refractivity contribution in [3.63, 3.8) is 0 Å². The summed E-state index contributed by atoms with van der Waals surface area (Å²) in [7, 11) is 0. The monoisotopic (exact) mass is 380 g/mol. The summed E-state index contributed by atoms with van der Waals surface area (Å²) in [5, 5.41) is 8.86. The second-order valence-electron chi connectivity index (χ2n) is 7.22. The van der Waals surface area contributed by atoms with E-state index in [2.05, 4.69) is 20.9 Å². The van der Waals surface area contributed by atoms with E-state index >= 15 is 0 Å². The second-order valence-corrected chi connectivity index (χ2v) is 7.22. The minimum Gasteiger partial charge on any atom is -0.351 e. The van der Waals surface area contributed by atoms with Crippen molar-refractivity contribution in [1.82, 2.24) is 15.5 Å². The standard InChI is InChI=1S/C22H28N4O2/c1-17-7-5-6-8-18(17)15-23-21(27)16-26-13-11-20(12-14-26)25-22(28)24-19-9-3-2-4-10-19/h2-10,20H,11-16H2,1H3,(H,23,27)(H2,24,25,28). The molecular formula is C22H28N4O2. The van der Waals surface area contributed by atoms with Crippen LogP contribution in [0.2, 0.25) is 0 Å². The van der Waals surface area contributed by atoms with E-state index in [4.69, 9.17) is 0 Å². The molecule has 1 aliphatic heterocycles. The Hall–Kier alpha value is -2.86. The second kappa shape index (κ2) is 9.90. The number of carbonyl (C=O) groups is 2. The average molecular weight is 380 g/mol. The molecule has 148 valence electrons. The normalized spacial score (nSPS) is 15.0. The van der Waals surface area contributed by atoms with Crippen LogP contribution in [0.5, 0.6) is 0 Å². The van der Waals surface area contributed by atoms with Gasteiger partial charge in [0.25, 0.3) is 0 Å². The first-order valence-electron chi connectivity index (χ1n) is 9.76. The van der Waals surface area contributed by atoms with Gasteiger partial charge in [-0.3, -0.25) is 9.69 Å². The molecule has 0 unspecified atom stereocenters. The molecular weight excluding hydrogens is 352 g/mol. The fourth-order valence-electron chi connectivity index (χ4n) is 3.37. The molecule has 1 heterocycles. The van der Waals surface area contributed by atoms with Crippen LogP contribution in [0.15, 0.2) is 54.6 Å². The van der Waals surface area contributed by atoms with E-state index in [1.807, 2.05) is 61.5 Å². The van der Waals surface area contributed by atoms with Crippen molar-refractivity contribution in [3.8, 4) is 0 Å². The molecule has 1 saturated heterocycles. The van der Waals surface area contributed by atoms with Crippen LogP contribution in [0.4, 0.5) is 10.5 Å². The minimum atomic E-state index is -0.180. The molecule has 0 bridgehead atoms. The Morgan fingerprint density at radius 2 is 1.68 bits per heavy atom. The molecule has 3 amide bonds. The van der Waals surface area contributed by atoms with E-state index in [0.29, 0.717) is 13.1 Å². The quantitative estimate of drug-likeness (QED) is 0.721. The highest BCUT2D eigenvalue weighted by atomic mass is 16.2. The number of aryl methyl sites for hydroxylation is 1. The number of amides is 3. The average Bonchev–Trinajstić information content (AvgIpc) is 2.69. The molecule has 6 heteroatoms. The van der Waals surface area contributed by atoms with Crippen LogP contribution in [0.25, 0.3) is 0 Å². The van der Waals surface area contributed by atoms with Crippen molar-refractivity contribution in [3.05, 3.63) is 65.7 Å². The van der Waals surface area contributed by atoms with Gasteiger partial charge in [-0.15, -0.1) is 0 Å².